The Bertz CT molecular complexity index is 562. The Morgan fingerprint density at radius 3 is 2.84 bits per heavy atom. The van der Waals surface area contributed by atoms with E-state index in [1.807, 2.05) is 11.8 Å². The number of aromatic nitrogens is 1. The van der Waals surface area contributed by atoms with Crippen LogP contribution in [0.5, 0.6) is 0 Å². The van der Waals surface area contributed by atoms with Gasteiger partial charge in [-0.3, -0.25) is 0 Å². The Kier molecular flexibility index (Phi) is 3.93. The zero-order chi connectivity index (χ0) is 13.2. The molecule has 1 aliphatic carbocycles. The predicted molar refractivity (Wildman–Crippen MR) is 82.8 cm³/mol. The third-order valence-corrected chi connectivity index (χ3v) is 5.79. The van der Waals surface area contributed by atoms with Crippen molar-refractivity contribution >= 4 is 38.4 Å². The number of nitrogens with one attached hydrogen (secondary N) is 1. The zero-order valence-electron chi connectivity index (χ0n) is 10.9. The molecule has 19 heavy (non-hydrogen) atoms. The van der Waals surface area contributed by atoms with Crippen molar-refractivity contribution in [3.63, 3.8) is 0 Å². The van der Waals surface area contributed by atoms with Crippen LogP contribution in [0.25, 0.3) is 10.2 Å². The molecule has 1 aromatic carbocycles. The molecule has 1 aromatic heterocycles. The molecule has 2 aromatic rings. The van der Waals surface area contributed by atoms with Gasteiger partial charge in [0.2, 0.25) is 0 Å². The number of nitrogens with zero attached hydrogens (tertiary/aromatic N) is 1. The summed E-state index contributed by atoms with van der Waals surface area (Å²) in [5, 5.41) is 5.26. The summed E-state index contributed by atoms with van der Waals surface area (Å²) < 4.78 is 14.2. The Morgan fingerprint density at radius 1 is 1.32 bits per heavy atom. The van der Waals surface area contributed by atoms with Gasteiger partial charge in [-0.05, 0) is 44.1 Å². The second-order valence-electron chi connectivity index (χ2n) is 4.98. The van der Waals surface area contributed by atoms with E-state index in [0.717, 1.165) is 20.6 Å². The maximum atomic E-state index is 13.1. The molecule has 102 valence electrons. The summed E-state index contributed by atoms with van der Waals surface area (Å²) in [5.41, 5.74) is 0.755. The van der Waals surface area contributed by atoms with Crippen molar-refractivity contribution in [3.8, 4) is 0 Å². The minimum absolute atomic E-state index is 0.218. The van der Waals surface area contributed by atoms with Gasteiger partial charge in [0.25, 0.3) is 0 Å². The standard InChI is InChI=1S/C14H17FN2S2/c1-18-11-5-3-10(4-6-11)16-14-17-12-8-9(15)2-7-13(12)19-14/h2,7-8,10-11H,3-6H2,1H3,(H,16,17). The number of benzene rings is 1. The lowest BCUT2D eigenvalue weighted by molar-refractivity contribution is 0.473. The summed E-state index contributed by atoms with van der Waals surface area (Å²) in [6.07, 6.45) is 7.16. The highest BCUT2D eigenvalue weighted by atomic mass is 32.2. The first-order chi connectivity index (χ1) is 9.24. The van der Waals surface area contributed by atoms with Crippen LogP contribution in [0.1, 0.15) is 25.7 Å². The fourth-order valence-corrected chi connectivity index (χ4v) is 4.25. The number of anilines is 1. The minimum Gasteiger partial charge on any atom is -0.359 e. The van der Waals surface area contributed by atoms with E-state index in [-0.39, 0.29) is 5.82 Å². The molecular formula is C14H17FN2S2. The van der Waals surface area contributed by atoms with E-state index in [1.165, 1.54) is 37.8 Å². The number of hydrogen-bond acceptors (Lipinski definition) is 4. The van der Waals surface area contributed by atoms with Crippen LogP contribution in [-0.4, -0.2) is 22.5 Å². The molecule has 2 nitrogen and oxygen atoms in total. The maximum absolute atomic E-state index is 13.1. The predicted octanol–water partition coefficient (Wildman–Crippen LogP) is 4.52. The van der Waals surface area contributed by atoms with Gasteiger partial charge in [0.1, 0.15) is 5.82 Å². The first kappa shape index (κ1) is 13.2. The highest BCUT2D eigenvalue weighted by Gasteiger charge is 2.21. The molecular weight excluding hydrogens is 279 g/mol. The van der Waals surface area contributed by atoms with Crippen LogP contribution in [-0.2, 0) is 0 Å². The largest absolute Gasteiger partial charge is 0.359 e. The molecule has 0 saturated heterocycles. The summed E-state index contributed by atoms with van der Waals surface area (Å²) in [7, 11) is 0. The second kappa shape index (κ2) is 5.67. The molecule has 0 atom stereocenters. The number of fused-ring (bicyclic) bond motifs is 1. The number of halogens is 1. The molecule has 3 rings (SSSR count). The molecule has 1 fully saturated rings. The van der Waals surface area contributed by atoms with Crippen molar-refractivity contribution < 1.29 is 4.39 Å². The minimum atomic E-state index is -0.218. The first-order valence-corrected chi connectivity index (χ1v) is 8.70. The van der Waals surface area contributed by atoms with Gasteiger partial charge in [-0.1, -0.05) is 11.3 Å². The summed E-state index contributed by atoms with van der Waals surface area (Å²) in [5.74, 6) is -0.218. The van der Waals surface area contributed by atoms with Gasteiger partial charge in [-0.25, -0.2) is 9.37 Å². The van der Waals surface area contributed by atoms with E-state index in [2.05, 4.69) is 16.6 Å². The van der Waals surface area contributed by atoms with Crippen LogP contribution in [0.15, 0.2) is 18.2 Å². The Morgan fingerprint density at radius 2 is 2.11 bits per heavy atom. The Labute approximate surface area is 120 Å². The Hall–Kier alpha value is -0.810. The van der Waals surface area contributed by atoms with Gasteiger partial charge in [0.05, 0.1) is 10.2 Å². The quantitative estimate of drug-likeness (QED) is 0.901. The van der Waals surface area contributed by atoms with E-state index in [0.29, 0.717) is 6.04 Å². The normalized spacial score (nSPS) is 23.7. The molecule has 0 spiro atoms. The third-order valence-electron chi connectivity index (χ3n) is 3.68. The lowest BCUT2D eigenvalue weighted by Gasteiger charge is -2.27. The molecule has 5 heteroatoms. The SMILES string of the molecule is CSC1CCC(Nc2nc3cc(F)ccc3s2)CC1. The van der Waals surface area contributed by atoms with E-state index in [1.54, 1.807) is 17.4 Å². The number of rotatable bonds is 3. The molecule has 1 N–H and O–H groups in total. The zero-order valence-corrected chi connectivity index (χ0v) is 12.5. The van der Waals surface area contributed by atoms with Crippen LogP contribution in [0.4, 0.5) is 9.52 Å². The van der Waals surface area contributed by atoms with Crippen LogP contribution >= 0.6 is 23.1 Å². The number of thiazole rings is 1. The van der Waals surface area contributed by atoms with Gasteiger partial charge in [-0.15, -0.1) is 0 Å². The molecule has 1 heterocycles. The molecule has 1 saturated carbocycles. The number of hydrogen-bond donors (Lipinski definition) is 1. The summed E-state index contributed by atoms with van der Waals surface area (Å²) in [6, 6.07) is 5.32. The average Bonchev–Trinajstić information content (AvgIpc) is 2.81. The fraction of sp³-hybridized carbons (Fsp3) is 0.500. The van der Waals surface area contributed by atoms with Gasteiger partial charge in [0, 0.05) is 17.4 Å². The highest BCUT2D eigenvalue weighted by molar-refractivity contribution is 7.99. The summed E-state index contributed by atoms with van der Waals surface area (Å²) in [4.78, 5) is 4.47. The fourth-order valence-electron chi connectivity index (χ4n) is 2.58. The van der Waals surface area contributed by atoms with Gasteiger partial charge in [-0.2, -0.15) is 11.8 Å². The van der Waals surface area contributed by atoms with Crippen molar-refractivity contribution in [2.75, 3.05) is 11.6 Å². The maximum Gasteiger partial charge on any atom is 0.184 e. The van der Waals surface area contributed by atoms with Gasteiger partial charge in [0.15, 0.2) is 5.13 Å². The smallest absolute Gasteiger partial charge is 0.184 e. The van der Waals surface area contributed by atoms with E-state index < -0.39 is 0 Å². The third kappa shape index (κ3) is 3.03. The van der Waals surface area contributed by atoms with E-state index in [9.17, 15) is 4.39 Å². The van der Waals surface area contributed by atoms with Crippen LogP contribution in [0.3, 0.4) is 0 Å². The van der Waals surface area contributed by atoms with E-state index >= 15 is 0 Å². The molecule has 0 radical (unpaired) electrons. The van der Waals surface area contributed by atoms with Crippen molar-refractivity contribution in [2.45, 2.75) is 37.0 Å². The molecule has 0 aliphatic heterocycles. The van der Waals surface area contributed by atoms with Crippen molar-refractivity contribution in [2.24, 2.45) is 0 Å². The highest BCUT2D eigenvalue weighted by Crippen LogP contribution is 2.31. The topological polar surface area (TPSA) is 24.9 Å². The average molecular weight is 296 g/mol. The lowest BCUT2D eigenvalue weighted by atomic mass is 9.95. The van der Waals surface area contributed by atoms with Crippen LogP contribution < -0.4 is 5.32 Å². The van der Waals surface area contributed by atoms with Crippen LogP contribution in [0.2, 0.25) is 0 Å². The monoisotopic (exact) mass is 296 g/mol. The van der Waals surface area contributed by atoms with Gasteiger partial charge < -0.3 is 5.32 Å². The summed E-state index contributed by atoms with van der Waals surface area (Å²) >= 11 is 3.59. The van der Waals surface area contributed by atoms with Gasteiger partial charge >= 0.3 is 0 Å². The number of thioether (sulfide) groups is 1. The lowest BCUT2D eigenvalue weighted by Crippen LogP contribution is -2.26. The Balaban J connectivity index is 1.68. The van der Waals surface area contributed by atoms with E-state index in [4.69, 9.17) is 0 Å². The first-order valence-electron chi connectivity index (χ1n) is 6.60. The van der Waals surface area contributed by atoms with Crippen molar-refractivity contribution in [3.05, 3.63) is 24.0 Å². The molecule has 0 bridgehead atoms. The molecule has 0 amide bonds. The van der Waals surface area contributed by atoms with Crippen molar-refractivity contribution in [1.29, 1.82) is 0 Å². The second-order valence-corrected chi connectivity index (χ2v) is 7.15. The molecule has 1 aliphatic rings. The van der Waals surface area contributed by atoms with Crippen molar-refractivity contribution in [1.82, 2.24) is 4.98 Å². The molecule has 0 unspecified atom stereocenters. The summed E-state index contributed by atoms with van der Waals surface area (Å²) in [6.45, 7) is 0. The van der Waals surface area contributed by atoms with Crippen LogP contribution in [0, 0.1) is 5.82 Å².